The van der Waals surface area contributed by atoms with Gasteiger partial charge in [-0.1, -0.05) is 127 Å². The molecular formula is C48H31N3. The highest BCUT2D eigenvalue weighted by atomic mass is 15.0. The third-order valence-electron chi connectivity index (χ3n) is 10.6. The molecule has 238 valence electrons. The number of hydrogen-bond donors (Lipinski definition) is 0. The van der Waals surface area contributed by atoms with Crippen LogP contribution in [0.25, 0.3) is 93.6 Å². The van der Waals surface area contributed by atoms with Gasteiger partial charge in [0, 0.05) is 49.4 Å². The SMILES string of the molecule is c1ccc(-c2ccc(-n3c4cc(-n5c6ccccc6c6ccccc65)ccc4c4ccc5c(c6ccccc6n5-c5ccccc5)c43)cc2)cc1. The van der Waals surface area contributed by atoms with Gasteiger partial charge < -0.3 is 13.7 Å². The van der Waals surface area contributed by atoms with Crippen molar-refractivity contribution in [3.8, 4) is 28.2 Å². The summed E-state index contributed by atoms with van der Waals surface area (Å²) in [5, 5.41) is 7.51. The van der Waals surface area contributed by atoms with Crippen LogP contribution < -0.4 is 0 Å². The zero-order chi connectivity index (χ0) is 33.5. The number of para-hydroxylation sites is 4. The van der Waals surface area contributed by atoms with Gasteiger partial charge in [0.1, 0.15) is 0 Å². The van der Waals surface area contributed by atoms with Crippen LogP contribution >= 0.6 is 0 Å². The summed E-state index contributed by atoms with van der Waals surface area (Å²) in [6.07, 6.45) is 0. The lowest BCUT2D eigenvalue weighted by Crippen LogP contribution is -1.97. The van der Waals surface area contributed by atoms with Crippen molar-refractivity contribution in [3.05, 3.63) is 188 Å². The molecule has 0 aliphatic rings. The zero-order valence-electron chi connectivity index (χ0n) is 27.7. The maximum Gasteiger partial charge on any atom is 0.0641 e. The van der Waals surface area contributed by atoms with E-state index in [1.165, 1.54) is 76.5 Å². The van der Waals surface area contributed by atoms with Gasteiger partial charge in [0.2, 0.25) is 0 Å². The van der Waals surface area contributed by atoms with Gasteiger partial charge in [0.25, 0.3) is 0 Å². The van der Waals surface area contributed by atoms with E-state index in [0.29, 0.717) is 0 Å². The molecule has 0 aliphatic heterocycles. The van der Waals surface area contributed by atoms with Crippen LogP contribution in [0.3, 0.4) is 0 Å². The Bertz CT molecular complexity index is 3050. The summed E-state index contributed by atoms with van der Waals surface area (Å²) in [4.78, 5) is 0. The molecule has 51 heavy (non-hydrogen) atoms. The maximum absolute atomic E-state index is 2.50. The summed E-state index contributed by atoms with van der Waals surface area (Å²) in [5.41, 5.74) is 13.1. The predicted molar refractivity (Wildman–Crippen MR) is 215 cm³/mol. The number of nitrogens with zero attached hydrogens (tertiary/aromatic N) is 3. The van der Waals surface area contributed by atoms with Crippen molar-refractivity contribution >= 4 is 65.4 Å². The first kappa shape index (κ1) is 28.0. The Morgan fingerprint density at radius 2 is 0.725 bits per heavy atom. The summed E-state index contributed by atoms with van der Waals surface area (Å²) in [6, 6.07) is 68.4. The highest BCUT2D eigenvalue weighted by molar-refractivity contribution is 6.26. The van der Waals surface area contributed by atoms with E-state index >= 15 is 0 Å². The monoisotopic (exact) mass is 649 g/mol. The predicted octanol–water partition coefficient (Wildman–Crippen LogP) is 12.6. The van der Waals surface area contributed by atoms with Crippen LogP contribution in [0.4, 0.5) is 0 Å². The summed E-state index contributed by atoms with van der Waals surface area (Å²) < 4.78 is 7.33. The summed E-state index contributed by atoms with van der Waals surface area (Å²) in [5.74, 6) is 0. The molecule has 8 aromatic carbocycles. The minimum absolute atomic E-state index is 1.14. The van der Waals surface area contributed by atoms with Gasteiger partial charge in [-0.15, -0.1) is 0 Å². The van der Waals surface area contributed by atoms with E-state index in [4.69, 9.17) is 0 Å². The summed E-state index contributed by atoms with van der Waals surface area (Å²) >= 11 is 0. The van der Waals surface area contributed by atoms with Gasteiger partial charge in [-0.3, -0.25) is 0 Å². The fourth-order valence-corrected chi connectivity index (χ4v) is 8.44. The molecule has 0 bridgehead atoms. The molecule has 3 aromatic heterocycles. The van der Waals surface area contributed by atoms with Crippen LogP contribution in [0.15, 0.2) is 188 Å². The van der Waals surface area contributed by atoms with E-state index in [-0.39, 0.29) is 0 Å². The Kier molecular flexibility index (Phi) is 5.96. The molecule has 0 saturated carbocycles. The fourth-order valence-electron chi connectivity index (χ4n) is 8.44. The highest BCUT2D eigenvalue weighted by Crippen LogP contribution is 2.43. The van der Waals surface area contributed by atoms with Crippen LogP contribution in [0.5, 0.6) is 0 Å². The quantitative estimate of drug-likeness (QED) is 0.180. The number of aromatic nitrogens is 3. The highest BCUT2D eigenvalue weighted by Gasteiger charge is 2.22. The molecule has 0 N–H and O–H groups in total. The largest absolute Gasteiger partial charge is 0.309 e. The van der Waals surface area contributed by atoms with Gasteiger partial charge in [0.05, 0.1) is 33.1 Å². The normalized spacial score (nSPS) is 11.9. The van der Waals surface area contributed by atoms with Gasteiger partial charge in [-0.2, -0.15) is 0 Å². The van der Waals surface area contributed by atoms with E-state index in [0.717, 1.165) is 17.1 Å². The summed E-state index contributed by atoms with van der Waals surface area (Å²) in [6.45, 7) is 0. The molecule has 11 rings (SSSR count). The molecule has 0 atom stereocenters. The minimum Gasteiger partial charge on any atom is -0.309 e. The lowest BCUT2D eigenvalue weighted by molar-refractivity contribution is 1.16. The Labute approximate surface area is 294 Å². The van der Waals surface area contributed by atoms with E-state index in [2.05, 4.69) is 202 Å². The van der Waals surface area contributed by atoms with Crippen molar-refractivity contribution in [2.75, 3.05) is 0 Å². The lowest BCUT2D eigenvalue weighted by atomic mass is 10.1. The van der Waals surface area contributed by atoms with Gasteiger partial charge in [0.15, 0.2) is 0 Å². The second-order valence-electron chi connectivity index (χ2n) is 13.4. The third-order valence-corrected chi connectivity index (χ3v) is 10.6. The van der Waals surface area contributed by atoms with Crippen molar-refractivity contribution < 1.29 is 0 Å². The molecular weight excluding hydrogens is 619 g/mol. The Morgan fingerprint density at radius 1 is 0.255 bits per heavy atom. The molecule has 0 spiro atoms. The van der Waals surface area contributed by atoms with Crippen LogP contribution in [-0.2, 0) is 0 Å². The van der Waals surface area contributed by atoms with Gasteiger partial charge >= 0.3 is 0 Å². The minimum atomic E-state index is 1.14. The Hall–Kier alpha value is -6.84. The molecule has 0 saturated heterocycles. The molecule has 11 aromatic rings. The number of rotatable bonds is 4. The molecule has 3 heteroatoms. The Balaban J connectivity index is 1.27. The summed E-state index contributed by atoms with van der Waals surface area (Å²) in [7, 11) is 0. The van der Waals surface area contributed by atoms with Crippen LogP contribution in [0.2, 0.25) is 0 Å². The van der Waals surface area contributed by atoms with Crippen molar-refractivity contribution in [2.45, 2.75) is 0 Å². The molecule has 3 nitrogen and oxygen atoms in total. The standard InChI is InChI=1S/C48H31N3/c1-3-13-32(14-4-1)33-23-25-35(26-24-33)51-46-31-36(50-42-20-10-7-17-37(42)38-18-8-11-21-43(38)50)27-28-39(46)40-29-30-45-47(48(40)51)41-19-9-12-22-44(41)49(45)34-15-5-2-6-16-34/h1-31H. The average Bonchev–Trinajstić information content (AvgIpc) is 3.84. The van der Waals surface area contributed by atoms with Gasteiger partial charge in [-0.05, 0) is 71.8 Å². The van der Waals surface area contributed by atoms with E-state index in [1.807, 2.05) is 0 Å². The topological polar surface area (TPSA) is 14.8 Å². The molecule has 0 aliphatic carbocycles. The lowest BCUT2D eigenvalue weighted by Gasteiger charge is -2.12. The first-order chi connectivity index (χ1) is 25.3. The average molecular weight is 650 g/mol. The van der Waals surface area contributed by atoms with Crippen molar-refractivity contribution in [1.82, 2.24) is 13.7 Å². The molecule has 0 amide bonds. The smallest absolute Gasteiger partial charge is 0.0641 e. The molecule has 0 fully saturated rings. The van der Waals surface area contributed by atoms with Crippen LogP contribution in [0, 0.1) is 0 Å². The molecule has 3 heterocycles. The maximum atomic E-state index is 2.50. The third kappa shape index (κ3) is 4.06. The van der Waals surface area contributed by atoms with Gasteiger partial charge in [-0.25, -0.2) is 0 Å². The Morgan fingerprint density at radius 3 is 1.41 bits per heavy atom. The van der Waals surface area contributed by atoms with E-state index in [9.17, 15) is 0 Å². The number of benzene rings is 8. The van der Waals surface area contributed by atoms with E-state index in [1.54, 1.807) is 0 Å². The first-order valence-electron chi connectivity index (χ1n) is 17.5. The molecule has 0 radical (unpaired) electrons. The molecule has 0 unspecified atom stereocenters. The van der Waals surface area contributed by atoms with E-state index < -0.39 is 0 Å². The van der Waals surface area contributed by atoms with Crippen LogP contribution in [0.1, 0.15) is 0 Å². The van der Waals surface area contributed by atoms with Crippen molar-refractivity contribution in [1.29, 1.82) is 0 Å². The van der Waals surface area contributed by atoms with Crippen molar-refractivity contribution in [3.63, 3.8) is 0 Å². The zero-order valence-corrected chi connectivity index (χ0v) is 27.7. The van der Waals surface area contributed by atoms with Crippen LogP contribution in [-0.4, -0.2) is 13.7 Å². The second-order valence-corrected chi connectivity index (χ2v) is 13.4. The second kappa shape index (κ2) is 10.8. The fraction of sp³-hybridized carbons (Fsp3) is 0. The number of hydrogen-bond acceptors (Lipinski definition) is 0. The van der Waals surface area contributed by atoms with Crippen molar-refractivity contribution in [2.24, 2.45) is 0 Å². The number of fused-ring (bicyclic) bond motifs is 10. The first-order valence-corrected chi connectivity index (χ1v) is 17.5.